The second kappa shape index (κ2) is 6.70. The fourth-order valence-electron chi connectivity index (χ4n) is 1.30. The number of para-hydroxylation sites is 1. The number of ether oxygens (including phenoxy) is 1. The molecule has 0 aromatic heterocycles. The highest BCUT2D eigenvalue weighted by Gasteiger charge is 2.06. The fourth-order valence-corrected chi connectivity index (χ4v) is 1.30. The van der Waals surface area contributed by atoms with Gasteiger partial charge in [0.25, 0.3) is 0 Å². The zero-order valence-electron chi connectivity index (χ0n) is 9.67. The van der Waals surface area contributed by atoms with Gasteiger partial charge in [-0.25, -0.2) is 4.79 Å². The maximum atomic E-state index is 10.3. The lowest BCUT2D eigenvalue weighted by molar-refractivity contribution is -0.131. The van der Waals surface area contributed by atoms with Crippen LogP contribution in [0.25, 0.3) is 0 Å². The lowest BCUT2D eigenvalue weighted by Gasteiger charge is -2.13. The van der Waals surface area contributed by atoms with Crippen LogP contribution in [-0.2, 0) is 4.79 Å². The van der Waals surface area contributed by atoms with E-state index in [-0.39, 0.29) is 19.1 Å². The molecule has 1 rings (SSSR count). The lowest BCUT2D eigenvalue weighted by Crippen LogP contribution is -2.14. The number of aryl methyl sites for hydroxylation is 1. The second-order valence-electron chi connectivity index (χ2n) is 3.72. The van der Waals surface area contributed by atoms with E-state index in [2.05, 4.69) is 0 Å². The van der Waals surface area contributed by atoms with E-state index >= 15 is 0 Å². The van der Waals surface area contributed by atoms with Crippen molar-refractivity contribution in [3.05, 3.63) is 42.0 Å². The van der Waals surface area contributed by atoms with E-state index in [1.54, 1.807) is 0 Å². The second-order valence-corrected chi connectivity index (χ2v) is 3.72. The minimum atomic E-state index is -1.03. The van der Waals surface area contributed by atoms with E-state index in [0.29, 0.717) is 0 Å². The van der Waals surface area contributed by atoms with Crippen LogP contribution in [0.1, 0.15) is 5.56 Å². The molecular formula is C13H16O4. The molecule has 0 aliphatic heterocycles. The third kappa shape index (κ3) is 4.70. The number of aliphatic hydroxyl groups excluding tert-OH is 1. The molecule has 1 aromatic rings. The smallest absolute Gasteiger partial charge is 0.327 e. The molecule has 0 bridgehead atoms. The van der Waals surface area contributed by atoms with Crippen molar-refractivity contribution in [2.24, 2.45) is 5.92 Å². The van der Waals surface area contributed by atoms with Gasteiger partial charge < -0.3 is 14.9 Å². The maximum absolute atomic E-state index is 10.3. The monoisotopic (exact) mass is 236 g/mol. The van der Waals surface area contributed by atoms with Crippen LogP contribution in [0, 0.1) is 12.8 Å². The van der Waals surface area contributed by atoms with Crippen molar-refractivity contribution in [1.29, 1.82) is 0 Å². The molecule has 0 fully saturated rings. The van der Waals surface area contributed by atoms with E-state index in [1.807, 2.05) is 31.2 Å². The fraction of sp³-hybridized carbons (Fsp3) is 0.308. The van der Waals surface area contributed by atoms with E-state index in [4.69, 9.17) is 14.9 Å². The number of carboxylic acid groups (broad SMARTS) is 1. The molecule has 17 heavy (non-hydrogen) atoms. The van der Waals surface area contributed by atoms with Crippen LogP contribution < -0.4 is 4.74 Å². The molecule has 0 saturated carbocycles. The zero-order valence-corrected chi connectivity index (χ0v) is 9.67. The van der Waals surface area contributed by atoms with Crippen LogP contribution in [0.15, 0.2) is 36.4 Å². The Bertz CT molecular complexity index is 398. The van der Waals surface area contributed by atoms with Crippen LogP contribution in [0.4, 0.5) is 0 Å². The Morgan fingerprint density at radius 1 is 1.47 bits per heavy atom. The van der Waals surface area contributed by atoms with Gasteiger partial charge in [-0.1, -0.05) is 24.3 Å². The highest BCUT2D eigenvalue weighted by Crippen LogP contribution is 2.17. The summed E-state index contributed by atoms with van der Waals surface area (Å²) < 4.78 is 5.52. The van der Waals surface area contributed by atoms with Crippen molar-refractivity contribution in [2.75, 3.05) is 13.2 Å². The van der Waals surface area contributed by atoms with Gasteiger partial charge in [0.15, 0.2) is 0 Å². The van der Waals surface area contributed by atoms with Gasteiger partial charge in [-0.3, -0.25) is 0 Å². The van der Waals surface area contributed by atoms with Gasteiger partial charge in [0.05, 0.1) is 13.2 Å². The molecule has 0 saturated heterocycles. The Balaban J connectivity index is 2.53. The maximum Gasteiger partial charge on any atom is 0.327 e. The molecule has 4 heteroatoms. The SMILES string of the molecule is Cc1ccccc1OCC(C=CC(=O)O)CO. The van der Waals surface area contributed by atoms with Crippen molar-refractivity contribution < 1.29 is 19.7 Å². The molecule has 1 aromatic carbocycles. The van der Waals surface area contributed by atoms with Gasteiger partial charge in [0.1, 0.15) is 5.75 Å². The van der Waals surface area contributed by atoms with Gasteiger partial charge >= 0.3 is 5.97 Å². The number of aliphatic carboxylic acids is 1. The van der Waals surface area contributed by atoms with E-state index in [1.165, 1.54) is 6.08 Å². The van der Waals surface area contributed by atoms with Gasteiger partial charge in [0.2, 0.25) is 0 Å². The predicted molar refractivity (Wildman–Crippen MR) is 64.0 cm³/mol. The molecule has 0 aliphatic carbocycles. The minimum Gasteiger partial charge on any atom is -0.493 e. The van der Waals surface area contributed by atoms with Gasteiger partial charge in [-0.05, 0) is 18.6 Å². The highest BCUT2D eigenvalue weighted by molar-refractivity contribution is 5.79. The molecule has 2 N–H and O–H groups in total. The van der Waals surface area contributed by atoms with E-state index in [0.717, 1.165) is 17.4 Å². The Morgan fingerprint density at radius 2 is 2.18 bits per heavy atom. The number of carbonyl (C=O) groups is 1. The summed E-state index contributed by atoms with van der Waals surface area (Å²) in [7, 11) is 0. The van der Waals surface area contributed by atoms with Gasteiger partial charge in [-0.2, -0.15) is 0 Å². The Kier molecular flexibility index (Phi) is 5.23. The first-order chi connectivity index (χ1) is 8.13. The molecule has 0 aliphatic rings. The first-order valence-electron chi connectivity index (χ1n) is 5.34. The molecular weight excluding hydrogens is 220 g/mol. The molecule has 92 valence electrons. The number of hydrogen-bond acceptors (Lipinski definition) is 3. The van der Waals surface area contributed by atoms with Crippen molar-refractivity contribution in [1.82, 2.24) is 0 Å². The predicted octanol–water partition coefficient (Wildman–Crippen LogP) is 1.62. The van der Waals surface area contributed by atoms with Crippen molar-refractivity contribution in [2.45, 2.75) is 6.92 Å². The summed E-state index contributed by atoms with van der Waals surface area (Å²) in [6.45, 7) is 2.04. The summed E-state index contributed by atoms with van der Waals surface area (Å²) in [5, 5.41) is 17.5. The van der Waals surface area contributed by atoms with Crippen molar-refractivity contribution in [3.8, 4) is 5.75 Å². The van der Waals surface area contributed by atoms with E-state index < -0.39 is 5.97 Å². The van der Waals surface area contributed by atoms with Crippen LogP contribution in [0.2, 0.25) is 0 Å². The van der Waals surface area contributed by atoms with Gasteiger partial charge in [0, 0.05) is 12.0 Å². The summed E-state index contributed by atoms with van der Waals surface area (Å²) >= 11 is 0. The third-order valence-electron chi connectivity index (χ3n) is 2.29. The summed E-state index contributed by atoms with van der Waals surface area (Å²) in [5.41, 5.74) is 1.01. The molecule has 0 heterocycles. The first-order valence-corrected chi connectivity index (χ1v) is 5.34. The van der Waals surface area contributed by atoms with E-state index in [9.17, 15) is 4.79 Å². The summed E-state index contributed by atoms with van der Waals surface area (Å²) in [4.78, 5) is 10.3. The van der Waals surface area contributed by atoms with Crippen LogP contribution in [0.5, 0.6) is 5.75 Å². The topological polar surface area (TPSA) is 66.8 Å². The summed E-state index contributed by atoms with van der Waals surface area (Å²) in [5.74, 6) is -0.597. The molecule has 0 radical (unpaired) electrons. The zero-order chi connectivity index (χ0) is 12.7. The molecule has 0 spiro atoms. The minimum absolute atomic E-state index is 0.143. The Labute approximate surface area is 100 Å². The Hall–Kier alpha value is -1.81. The normalized spacial score (nSPS) is 12.6. The largest absolute Gasteiger partial charge is 0.493 e. The Morgan fingerprint density at radius 3 is 2.76 bits per heavy atom. The third-order valence-corrected chi connectivity index (χ3v) is 2.29. The highest BCUT2D eigenvalue weighted by atomic mass is 16.5. The summed E-state index contributed by atoms with van der Waals surface area (Å²) in [6.07, 6.45) is 2.45. The number of aliphatic hydroxyl groups is 1. The van der Waals surface area contributed by atoms with Crippen LogP contribution in [0.3, 0.4) is 0 Å². The number of carboxylic acids is 1. The number of benzene rings is 1. The van der Waals surface area contributed by atoms with Gasteiger partial charge in [-0.15, -0.1) is 0 Å². The molecule has 1 atom stereocenters. The number of rotatable bonds is 6. The average Bonchev–Trinajstić information content (AvgIpc) is 2.31. The van der Waals surface area contributed by atoms with Crippen molar-refractivity contribution in [3.63, 3.8) is 0 Å². The molecule has 0 amide bonds. The summed E-state index contributed by atoms with van der Waals surface area (Å²) in [6, 6.07) is 7.54. The quantitative estimate of drug-likeness (QED) is 0.736. The van der Waals surface area contributed by atoms with Crippen molar-refractivity contribution >= 4 is 5.97 Å². The standard InChI is InChI=1S/C13H16O4/c1-10-4-2-3-5-12(10)17-9-11(8-14)6-7-13(15)16/h2-7,11,14H,8-9H2,1H3,(H,15,16). The van der Waals surface area contributed by atoms with Crippen LogP contribution in [-0.4, -0.2) is 29.4 Å². The average molecular weight is 236 g/mol. The first kappa shape index (κ1) is 13.3. The number of hydrogen-bond donors (Lipinski definition) is 2. The molecule has 4 nitrogen and oxygen atoms in total. The van der Waals surface area contributed by atoms with Crippen LogP contribution >= 0.6 is 0 Å². The lowest BCUT2D eigenvalue weighted by atomic mass is 10.1. The molecule has 1 unspecified atom stereocenters.